The Hall–Kier alpha value is -3.38. The van der Waals surface area contributed by atoms with E-state index in [2.05, 4.69) is 16.9 Å². The van der Waals surface area contributed by atoms with Gasteiger partial charge in [0.1, 0.15) is 36.2 Å². The molecule has 2 aliphatic rings. The topological polar surface area (TPSA) is 95.7 Å². The monoisotopic (exact) mass is 487 g/mol. The van der Waals surface area contributed by atoms with Gasteiger partial charge >= 0.3 is 0 Å². The van der Waals surface area contributed by atoms with Crippen LogP contribution in [0, 0.1) is 17.5 Å². The van der Waals surface area contributed by atoms with Crippen LogP contribution in [0.15, 0.2) is 61.3 Å². The van der Waals surface area contributed by atoms with Gasteiger partial charge in [0.05, 0.1) is 12.8 Å². The molecule has 182 valence electrons. The normalized spacial score (nSPS) is 28.3. The summed E-state index contributed by atoms with van der Waals surface area (Å²) in [6.07, 6.45) is -2.67. The van der Waals surface area contributed by atoms with Gasteiger partial charge in [0.25, 0.3) is 0 Å². The highest BCUT2D eigenvalue weighted by molar-refractivity contribution is 5.93. The number of hydrogen-bond acceptors (Lipinski definition) is 7. The number of hydrogen-bond donors (Lipinski definition) is 1. The molecule has 0 bridgehead atoms. The lowest BCUT2D eigenvalue weighted by Crippen LogP contribution is -2.60. The fraction of sp³-hybridized carbons (Fsp3) is 0.292. The average molecular weight is 487 g/mol. The molecule has 3 heterocycles. The minimum absolute atomic E-state index is 0.0244. The zero-order valence-electron chi connectivity index (χ0n) is 18.1. The molecule has 2 fully saturated rings. The van der Waals surface area contributed by atoms with Gasteiger partial charge in [-0.2, -0.15) is 0 Å². The lowest BCUT2D eigenvalue weighted by Gasteiger charge is -2.47. The highest BCUT2D eigenvalue weighted by Crippen LogP contribution is 2.39. The van der Waals surface area contributed by atoms with Crippen molar-refractivity contribution in [1.82, 2.24) is 15.0 Å². The van der Waals surface area contributed by atoms with Crippen molar-refractivity contribution in [2.24, 2.45) is 0 Å². The van der Waals surface area contributed by atoms with E-state index in [1.54, 1.807) is 0 Å². The molecule has 0 aliphatic carbocycles. The summed E-state index contributed by atoms with van der Waals surface area (Å²) >= 11 is 0. The maximum Gasteiger partial charge on any atom is 0.194 e. The van der Waals surface area contributed by atoms with Crippen LogP contribution in [0.1, 0.15) is 17.9 Å². The number of nitrogens with zero attached hydrogens (tertiary/aromatic N) is 3. The number of halogens is 3. The molecule has 0 spiro atoms. The summed E-state index contributed by atoms with van der Waals surface area (Å²) in [6.45, 7) is 3.51. The molecule has 2 aromatic carbocycles. The predicted molar refractivity (Wildman–Crippen MR) is 114 cm³/mol. The van der Waals surface area contributed by atoms with Crippen LogP contribution in [0.25, 0.3) is 11.3 Å². The molecule has 5 rings (SSSR count). The summed E-state index contributed by atoms with van der Waals surface area (Å²) in [4.78, 5) is 12.4. The number of aliphatic hydroxyl groups is 1. The van der Waals surface area contributed by atoms with Crippen LogP contribution in [0.5, 0.6) is 0 Å². The van der Waals surface area contributed by atoms with Gasteiger partial charge in [-0.3, -0.25) is 4.79 Å². The van der Waals surface area contributed by atoms with E-state index in [0.29, 0.717) is 0 Å². The first kappa shape index (κ1) is 23.4. The van der Waals surface area contributed by atoms with Crippen LogP contribution >= 0.6 is 0 Å². The molecule has 0 saturated carbocycles. The second-order valence-corrected chi connectivity index (χ2v) is 8.20. The summed E-state index contributed by atoms with van der Waals surface area (Å²) in [6, 6.07) is 9.71. The number of ketones is 1. The largest absolute Gasteiger partial charge is 0.388 e. The van der Waals surface area contributed by atoms with Gasteiger partial charge in [-0.05, 0) is 18.2 Å². The van der Waals surface area contributed by atoms with Crippen LogP contribution in [-0.2, 0) is 19.0 Å². The van der Waals surface area contributed by atoms with Gasteiger partial charge in [-0.25, -0.2) is 17.9 Å². The van der Waals surface area contributed by atoms with E-state index >= 15 is 0 Å². The maximum atomic E-state index is 13.7. The van der Waals surface area contributed by atoms with E-state index in [1.807, 2.05) is 30.3 Å². The Balaban J connectivity index is 1.51. The molecule has 35 heavy (non-hydrogen) atoms. The third-order valence-electron chi connectivity index (χ3n) is 6.03. The van der Waals surface area contributed by atoms with Crippen LogP contribution in [0.2, 0.25) is 0 Å². The second kappa shape index (κ2) is 9.34. The number of ether oxygens (including phenoxy) is 3. The third kappa shape index (κ3) is 4.27. The zero-order chi connectivity index (χ0) is 24.7. The van der Waals surface area contributed by atoms with Gasteiger partial charge in [0.15, 0.2) is 29.5 Å². The highest BCUT2D eigenvalue weighted by atomic mass is 19.2. The minimum atomic E-state index is -1.60. The summed E-state index contributed by atoms with van der Waals surface area (Å²) in [7, 11) is 0. The fourth-order valence-corrected chi connectivity index (χ4v) is 4.31. The Morgan fingerprint density at radius 1 is 1.14 bits per heavy atom. The second-order valence-electron chi connectivity index (χ2n) is 8.20. The van der Waals surface area contributed by atoms with Gasteiger partial charge in [0.2, 0.25) is 0 Å². The molecule has 0 radical (unpaired) electrons. The molecule has 3 aromatic rings. The molecule has 1 N–H and O–H groups in total. The van der Waals surface area contributed by atoms with E-state index in [4.69, 9.17) is 14.2 Å². The molecular formula is C24H20F3N3O5. The maximum absolute atomic E-state index is 13.7. The fourth-order valence-electron chi connectivity index (χ4n) is 4.31. The molecule has 6 atom stereocenters. The van der Waals surface area contributed by atoms with Crippen LogP contribution in [0.4, 0.5) is 13.2 Å². The number of benzene rings is 2. The first-order valence-electron chi connectivity index (χ1n) is 10.8. The van der Waals surface area contributed by atoms with Gasteiger partial charge in [0, 0.05) is 11.1 Å². The standard InChI is InChI=1S/C24H20F3N3O5/c1-2-17(31)22-21(32)20(23-18(34-22)11-33-24(35-23)12-6-4-3-5-7-12)30-10-16(28-29-30)13-8-14(25)19(27)15(26)9-13/h2-10,18,20-24,32H,1,11H2/t18-,20-,21-,22+,23+,24+/m1/s1. The first-order valence-corrected chi connectivity index (χ1v) is 10.8. The minimum Gasteiger partial charge on any atom is -0.388 e. The Morgan fingerprint density at radius 3 is 2.54 bits per heavy atom. The summed E-state index contributed by atoms with van der Waals surface area (Å²) in [5, 5.41) is 19.0. The third-order valence-corrected chi connectivity index (χ3v) is 6.03. The van der Waals surface area contributed by atoms with Crippen LogP contribution in [-0.4, -0.2) is 56.9 Å². The van der Waals surface area contributed by atoms with E-state index in [-0.39, 0.29) is 17.9 Å². The Bertz CT molecular complexity index is 1230. The summed E-state index contributed by atoms with van der Waals surface area (Å²) < 4.78 is 59.9. The van der Waals surface area contributed by atoms with Crippen molar-refractivity contribution in [2.75, 3.05) is 6.61 Å². The van der Waals surface area contributed by atoms with E-state index in [0.717, 1.165) is 23.8 Å². The molecule has 2 saturated heterocycles. The zero-order valence-corrected chi connectivity index (χ0v) is 18.1. The van der Waals surface area contributed by atoms with Gasteiger partial charge in [-0.1, -0.05) is 42.1 Å². The van der Waals surface area contributed by atoms with E-state index in [1.165, 1.54) is 10.9 Å². The number of fused-ring (bicyclic) bond motifs is 1. The van der Waals surface area contributed by atoms with Crippen molar-refractivity contribution in [1.29, 1.82) is 0 Å². The number of rotatable bonds is 5. The Morgan fingerprint density at radius 2 is 1.86 bits per heavy atom. The van der Waals surface area contributed by atoms with Crippen molar-refractivity contribution >= 4 is 5.78 Å². The number of aliphatic hydroxyl groups excluding tert-OH is 1. The van der Waals surface area contributed by atoms with Crippen molar-refractivity contribution < 1.29 is 37.3 Å². The van der Waals surface area contributed by atoms with Gasteiger partial charge < -0.3 is 19.3 Å². The SMILES string of the molecule is C=CC(=O)[C@@H]1O[C@@H]2CO[C@H](c3ccccc3)O[C@@H]2[C@H](n2cc(-c3cc(F)c(F)c(F)c3)nn2)[C@H]1O. The van der Waals surface area contributed by atoms with Crippen molar-refractivity contribution in [3.8, 4) is 11.3 Å². The van der Waals surface area contributed by atoms with E-state index in [9.17, 15) is 23.1 Å². The summed E-state index contributed by atoms with van der Waals surface area (Å²) in [5.41, 5.74) is 0.704. The molecule has 8 nitrogen and oxygen atoms in total. The van der Waals surface area contributed by atoms with Crippen LogP contribution < -0.4 is 0 Å². The Labute approximate surface area is 197 Å². The lowest BCUT2D eigenvalue weighted by molar-refractivity contribution is -0.312. The molecular weight excluding hydrogens is 467 g/mol. The lowest BCUT2D eigenvalue weighted by atomic mass is 9.90. The number of aromatic nitrogens is 3. The van der Waals surface area contributed by atoms with E-state index < -0.39 is 60.0 Å². The van der Waals surface area contributed by atoms with Crippen molar-refractivity contribution in [3.63, 3.8) is 0 Å². The number of carbonyl (C=O) groups is 1. The predicted octanol–water partition coefficient (Wildman–Crippen LogP) is 2.90. The van der Waals surface area contributed by atoms with Crippen molar-refractivity contribution in [2.45, 2.75) is 36.7 Å². The molecule has 11 heteroatoms. The molecule has 0 unspecified atom stereocenters. The summed E-state index contributed by atoms with van der Waals surface area (Å²) in [5.74, 6) is -4.90. The quantitative estimate of drug-likeness (QED) is 0.437. The Kier molecular flexibility index (Phi) is 6.24. The molecule has 0 amide bonds. The molecule has 2 aliphatic heterocycles. The van der Waals surface area contributed by atoms with Crippen molar-refractivity contribution in [3.05, 3.63) is 84.3 Å². The van der Waals surface area contributed by atoms with Gasteiger partial charge in [-0.15, -0.1) is 5.10 Å². The molecule has 1 aromatic heterocycles. The van der Waals surface area contributed by atoms with Crippen LogP contribution in [0.3, 0.4) is 0 Å². The number of carbonyl (C=O) groups excluding carboxylic acids is 1. The highest BCUT2D eigenvalue weighted by Gasteiger charge is 2.52. The smallest absolute Gasteiger partial charge is 0.194 e. The first-order chi connectivity index (χ1) is 16.9. The average Bonchev–Trinajstić information content (AvgIpc) is 3.36.